The third-order valence-corrected chi connectivity index (χ3v) is 3.72. The summed E-state index contributed by atoms with van der Waals surface area (Å²) in [6, 6.07) is 6.96. The minimum atomic E-state index is -0.345. The van der Waals surface area contributed by atoms with Crippen LogP contribution in [0.5, 0.6) is 0 Å². The van der Waals surface area contributed by atoms with Crippen molar-refractivity contribution in [3.05, 3.63) is 36.0 Å². The summed E-state index contributed by atoms with van der Waals surface area (Å²) in [5.41, 5.74) is 0.351. The number of rotatable bonds is 4. The Bertz CT molecular complexity index is 564. The van der Waals surface area contributed by atoms with Gasteiger partial charge in [-0.1, -0.05) is 31.4 Å². The van der Waals surface area contributed by atoms with Crippen molar-refractivity contribution in [2.24, 2.45) is 0 Å². The Morgan fingerprint density at radius 1 is 1.15 bits per heavy atom. The molecule has 0 aliphatic heterocycles. The maximum Gasteiger partial charge on any atom is 0.250 e. The molecular weight excluding hydrogens is 257 g/mol. The first-order chi connectivity index (χ1) is 9.83. The molecule has 3 rings (SSSR count). The fourth-order valence-corrected chi connectivity index (χ4v) is 2.61. The number of nitrogens with one attached hydrogen (secondary N) is 1. The van der Waals surface area contributed by atoms with E-state index in [1.807, 2.05) is 0 Å². The van der Waals surface area contributed by atoms with Gasteiger partial charge in [0.15, 0.2) is 0 Å². The van der Waals surface area contributed by atoms with Crippen molar-refractivity contribution < 1.29 is 8.81 Å². The average Bonchev–Trinajstić information content (AvgIpc) is 2.95. The summed E-state index contributed by atoms with van der Waals surface area (Å²) in [4.78, 5) is 0. The van der Waals surface area contributed by atoms with Crippen LogP contribution in [0, 0.1) is 5.82 Å². The van der Waals surface area contributed by atoms with Crippen LogP contribution in [0.3, 0.4) is 0 Å². The number of halogens is 1. The first-order valence-electron chi connectivity index (χ1n) is 7.13. The summed E-state index contributed by atoms with van der Waals surface area (Å²) >= 11 is 0. The van der Waals surface area contributed by atoms with Gasteiger partial charge in [-0.2, -0.15) is 0 Å². The largest absolute Gasteiger partial charge is 0.419 e. The van der Waals surface area contributed by atoms with Gasteiger partial charge in [0.1, 0.15) is 5.82 Å². The Labute approximate surface area is 117 Å². The SMILES string of the molecule is Fc1ccccc1-c1nnc(CNC2CCCCC2)o1. The van der Waals surface area contributed by atoms with E-state index in [4.69, 9.17) is 4.42 Å². The van der Waals surface area contributed by atoms with Gasteiger partial charge < -0.3 is 9.73 Å². The van der Waals surface area contributed by atoms with Crippen LogP contribution in [0.2, 0.25) is 0 Å². The number of hydrogen-bond donors (Lipinski definition) is 1. The molecule has 1 aliphatic rings. The lowest BCUT2D eigenvalue weighted by Crippen LogP contribution is -2.30. The second-order valence-corrected chi connectivity index (χ2v) is 5.20. The van der Waals surface area contributed by atoms with Gasteiger partial charge >= 0.3 is 0 Å². The van der Waals surface area contributed by atoms with Gasteiger partial charge in [0, 0.05) is 6.04 Å². The second-order valence-electron chi connectivity index (χ2n) is 5.20. The van der Waals surface area contributed by atoms with Gasteiger partial charge in [-0.3, -0.25) is 0 Å². The summed E-state index contributed by atoms with van der Waals surface area (Å²) in [6.45, 7) is 0.548. The predicted molar refractivity (Wildman–Crippen MR) is 73.4 cm³/mol. The Hall–Kier alpha value is -1.75. The van der Waals surface area contributed by atoms with E-state index in [1.165, 1.54) is 38.2 Å². The summed E-state index contributed by atoms with van der Waals surface area (Å²) in [6.07, 6.45) is 6.29. The van der Waals surface area contributed by atoms with E-state index in [0.29, 0.717) is 24.0 Å². The average molecular weight is 275 g/mol. The molecule has 20 heavy (non-hydrogen) atoms. The minimum Gasteiger partial charge on any atom is -0.419 e. The fourth-order valence-electron chi connectivity index (χ4n) is 2.61. The van der Waals surface area contributed by atoms with E-state index in [9.17, 15) is 4.39 Å². The quantitative estimate of drug-likeness (QED) is 0.930. The van der Waals surface area contributed by atoms with Crippen LogP contribution in [-0.4, -0.2) is 16.2 Å². The molecule has 0 amide bonds. The van der Waals surface area contributed by atoms with Crippen molar-refractivity contribution in [3.8, 4) is 11.5 Å². The van der Waals surface area contributed by atoms with Crippen LogP contribution in [0.15, 0.2) is 28.7 Å². The molecule has 0 atom stereocenters. The zero-order valence-corrected chi connectivity index (χ0v) is 11.3. The molecule has 5 heteroatoms. The molecule has 0 spiro atoms. The van der Waals surface area contributed by atoms with Crippen molar-refractivity contribution in [3.63, 3.8) is 0 Å². The molecule has 106 valence electrons. The highest BCUT2D eigenvalue weighted by molar-refractivity contribution is 5.53. The van der Waals surface area contributed by atoms with Crippen LogP contribution >= 0.6 is 0 Å². The molecule has 1 aliphatic carbocycles. The molecule has 1 aromatic carbocycles. The monoisotopic (exact) mass is 275 g/mol. The van der Waals surface area contributed by atoms with Crippen LogP contribution in [0.25, 0.3) is 11.5 Å². The van der Waals surface area contributed by atoms with Crippen LogP contribution in [0.1, 0.15) is 38.0 Å². The van der Waals surface area contributed by atoms with Crippen LogP contribution < -0.4 is 5.32 Å². The van der Waals surface area contributed by atoms with E-state index >= 15 is 0 Å². The van der Waals surface area contributed by atoms with Gasteiger partial charge in [-0.15, -0.1) is 10.2 Å². The van der Waals surface area contributed by atoms with Gasteiger partial charge in [-0.05, 0) is 25.0 Å². The lowest BCUT2D eigenvalue weighted by atomic mass is 9.95. The maximum atomic E-state index is 13.6. The first kappa shape index (κ1) is 13.2. The van der Waals surface area contributed by atoms with Crippen molar-refractivity contribution >= 4 is 0 Å². The molecule has 4 nitrogen and oxygen atoms in total. The van der Waals surface area contributed by atoms with E-state index in [2.05, 4.69) is 15.5 Å². The maximum absolute atomic E-state index is 13.6. The van der Waals surface area contributed by atoms with Crippen LogP contribution in [0.4, 0.5) is 4.39 Å². The summed E-state index contributed by atoms with van der Waals surface area (Å²) in [5.74, 6) is 0.403. The second kappa shape index (κ2) is 6.13. The standard InChI is InChI=1S/C15H18FN3O/c16-13-9-5-4-8-12(13)15-19-18-14(20-15)10-17-11-6-2-1-3-7-11/h4-5,8-9,11,17H,1-3,6-7,10H2. The summed E-state index contributed by atoms with van der Waals surface area (Å²) < 4.78 is 19.1. The highest BCUT2D eigenvalue weighted by atomic mass is 19.1. The number of hydrogen-bond acceptors (Lipinski definition) is 4. The molecule has 1 saturated carbocycles. The predicted octanol–water partition coefficient (Wildman–Crippen LogP) is 3.30. The summed E-state index contributed by atoms with van der Waals surface area (Å²) in [5, 5.41) is 11.3. The lowest BCUT2D eigenvalue weighted by molar-refractivity contribution is 0.354. The normalized spacial score (nSPS) is 16.4. The highest BCUT2D eigenvalue weighted by Gasteiger charge is 2.15. The molecule has 0 radical (unpaired) electrons. The van der Waals surface area contributed by atoms with Gasteiger partial charge in [0.25, 0.3) is 5.89 Å². The van der Waals surface area contributed by atoms with Gasteiger partial charge in [0.2, 0.25) is 5.89 Å². The zero-order chi connectivity index (χ0) is 13.8. The zero-order valence-electron chi connectivity index (χ0n) is 11.3. The van der Waals surface area contributed by atoms with E-state index in [0.717, 1.165) is 0 Å². The molecule has 1 heterocycles. The Morgan fingerprint density at radius 3 is 2.75 bits per heavy atom. The van der Waals surface area contributed by atoms with Crippen molar-refractivity contribution in [1.29, 1.82) is 0 Å². The molecule has 1 aromatic heterocycles. The smallest absolute Gasteiger partial charge is 0.250 e. The fraction of sp³-hybridized carbons (Fsp3) is 0.467. The van der Waals surface area contributed by atoms with E-state index in [-0.39, 0.29) is 11.7 Å². The van der Waals surface area contributed by atoms with E-state index < -0.39 is 0 Å². The van der Waals surface area contributed by atoms with Gasteiger partial charge in [-0.25, -0.2) is 4.39 Å². The van der Waals surface area contributed by atoms with Gasteiger partial charge in [0.05, 0.1) is 12.1 Å². The minimum absolute atomic E-state index is 0.239. The molecule has 0 unspecified atom stereocenters. The molecule has 0 saturated heterocycles. The Kier molecular flexibility index (Phi) is 4.06. The van der Waals surface area contributed by atoms with Crippen LogP contribution in [-0.2, 0) is 6.54 Å². The van der Waals surface area contributed by atoms with Crippen molar-refractivity contribution in [2.75, 3.05) is 0 Å². The third kappa shape index (κ3) is 3.04. The summed E-state index contributed by atoms with van der Waals surface area (Å²) in [7, 11) is 0. The Morgan fingerprint density at radius 2 is 1.95 bits per heavy atom. The molecule has 1 N–H and O–H groups in total. The molecule has 2 aromatic rings. The lowest BCUT2D eigenvalue weighted by Gasteiger charge is -2.21. The first-order valence-corrected chi connectivity index (χ1v) is 7.13. The number of benzene rings is 1. The molecule has 0 bridgehead atoms. The van der Waals surface area contributed by atoms with Crippen molar-refractivity contribution in [2.45, 2.75) is 44.7 Å². The molecular formula is C15H18FN3O. The highest BCUT2D eigenvalue weighted by Crippen LogP contribution is 2.21. The van der Waals surface area contributed by atoms with E-state index in [1.54, 1.807) is 18.2 Å². The number of nitrogens with zero attached hydrogens (tertiary/aromatic N) is 2. The number of aromatic nitrogens is 2. The third-order valence-electron chi connectivity index (χ3n) is 3.72. The Balaban J connectivity index is 1.63. The molecule has 1 fully saturated rings. The van der Waals surface area contributed by atoms with Crippen molar-refractivity contribution in [1.82, 2.24) is 15.5 Å². The topological polar surface area (TPSA) is 51.0 Å².